The monoisotopic (exact) mass is 238 g/mol. The number of aliphatic hydroxyl groups excluding tert-OH is 1. The van der Waals surface area contributed by atoms with Gasteiger partial charge >= 0.3 is 0 Å². The van der Waals surface area contributed by atoms with Crippen LogP contribution in [-0.4, -0.2) is 28.9 Å². The van der Waals surface area contributed by atoms with Gasteiger partial charge in [0.1, 0.15) is 12.4 Å². The SMILES string of the molecule is CCCCC(=O)c1cccc(OCC(O)O)c1. The van der Waals surface area contributed by atoms with Crippen molar-refractivity contribution in [1.29, 1.82) is 0 Å². The lowest BCUT2D eigenvalue weighted by atomic mass is 10.1. The summed E-state index contributed by atoms with van der Waals surface area (Å²) in [5.74, 6) is 0.558. The molecule has 0 saturated carbocycles. The molecule has 0 bridgehead atoms. The number of unbranched alkanes of at least 4 members (excludes halogenated alkanes) is 1. The molecule has 94 valence electrons. The fraction of sp³-hybridized carbons (Fsp3) is 0.462. The van der Waals surface area contributed by atoms with Crippen molar-refractivity contribution in [3.8, 4) is 5.75 Å². The van der Waals surface area contributed by atoms with Gasteiger partial charge < -0.3 is 14.9 Å². The number of rotatable bonds is 7. The van der Waals surface area contributed by atoms with E-state index in [4.69, 9.17) is 14.9 Å². The molecule has 0 aliphatic carbocycles. The molecule has 0 atom stereocenters. The van der Waals surface area contributed by atoms with Crippen LogP contribution in [0.2, 0.25) is 0 Å². The molecule has 0 spiro atoms. The minimum absolute atomic E-state index is 0.0850. The number of aliphatic hydroxyl groups is 2. The zero-order chi connectivity index (χ0) is 12.7. The predicted molar refractivity (Wildman–Crippen MR) is 64.0 cm³/mol. The van der Waals surface area contributed by atoms with Gasteiger partial charge in [-0.05, 0) is 18.6 Å². The lowest BCUT2D eigenvalue weighted by Gasteiger charge is -2.08. The Labute approximate surface area is 101 Å². The molecule has 4 heteroatoms. The van der Waals surface area contributed by atoms with Crippen LogP contribution in [0.3, 0.4) is 0 Å². The Morgan fingerprint density at radius 3 is 2.82 bits per heavy atom. The van der Waals surface area contributed by atoms with Crippen LogP contribution in [0.25, 0.3) is 0 Å². The highest BCUT2D eigenvalue weighted by Crippen LogP contribution is 2.15. The van der Waals surface area contributed by atoms with Crippen LogP contribution in [0.4, 0.5) is 0 Å². The van der Waals surface area contributed by atoms with Crippen LogP contribution < -0.4 is 4.74 Å². The summed E-state index contributed by atoms with van der Waals surface area (Å²) in [6.07, 6.45) is 0.884. The minimum atomic E-state index is -1.51. The number of hydrogen-bond acceptors (Lipinski definition) is 4. The van der Waals surface area contributed by atoms with Crippen LogP contribution in [0.5, 0.6) is 5.75 Å². The van der Waals surface area contributed by atoms with Gasteiger partial charge in [-0.3, -0.25) is 4.79 Å². The number of benzene rings is 1. The molecule has 0 amide bonds. The van der Waals surface area contributed by atoms with E-state index in [0.29, 0.717) is 17.7 Å². The highest BCUT2D eigenvalue weighted by atomic mass is 16.5. The lowest BCUT2D eigenvalue weighted by molar-refractivity contribution is -0.0680. The maximum atomic E-state index is 11.7. The van der Waals surface area contributed by atoms with E-state index >= 15 is 0 Å². The van der Waals surface area contributed by atoms with E-state index in [0.717, 1.165) is 12.8 Å². The zero-order valence-corrected chi connectivity index (χ0v) is 9.93. The second-order valence-corrected chi connectivity index (χ2v) is 3.85. The molecule has 0 aliphatic rings. The van der Waals surface area contributed by atoms with Crippen LogP contribution in [0.15, 0.2) is 24.3 Å². The Bertz CT molecular complexity index is 360. The molecular weight excluding hydrogens is 220 g/mol. The molecule has 1 rings (SSSR count). The molecule has 0 radical (unpaired) electrons. The van der Waals surface area contributed by atoms with E-state index < -0.39 is 6.29 Å². The number of Topliss-reactive ketones (excluding diaryl/α,β-unsaturated/α-hetero) is 1. The van der Waals surface area contributed by atoms with Gasteiger partial charge in [0.05, 0.1) is 0 Å². The molecular formula is C13H18O4. The van der Waals surface area contributed by atoms with Gasteiger partial charge in [0.2, 0.25) is 0 Å². The third-order valence-corrected chi connectivity index (χ3v) is 2.31. The molecule has 4 nitrogen and oxygen atoms in total. The Hall–Kier alpha value is -1.39. The fourth-order valence-corrected chi connectivity index (χ4v) is 1.41. The highest BCUT2D eigenvalue weighted by molar-refractivity contribution is 5.96. The van der Waals surface area contributed by atoms with E-state index in [9.17, 15) is 4.79 Å². The first-order valence-corrected chi connectivity index (χ1v) is 5.75. The van der Waals surface area contributed by atoms with Gasteiger partial charge in [-0.1, -0.05) is 25.5 Å². The van der Waals surface area contributed by atoms with Crippen LogP contribution in [0, 0.1) is 0 Å². The number of carbonyl (C=O) groups is 1. The van der Waals surface area contributed by atoms with Crippen molar-refractivity contribution < 1.29 is 19.7 Å². The maximum Gasteiger partial charge on any atom is 0.186 e. The molecule has 0 aliphatic heterocycles. The maximum absolute atomic E-state index is 11.7. The molecule has 0 heterocycles. The summed E-state index contributed by atoms with van der Waals surface area (Å²) in [5.41, 5.74) is 0.600. The first kappa shape index (κ1) is 13.7. The predicted octanol–water partition coefficient (Wildman–Crippen LogP) is 1.75. The summed E-state index contributed by atoms with van der Waals surface area (Å²) < 4.78 is 5.11. The molecule has 0 aromatic heterocycles. The summed E-state index contributed by atoms with van der Waals surface area (Å²) in [5, 5.41) is 17.3. The number of hydrogen-bond donors (Lipinski definition) is 2. The van der Waals surface area contributed by atoms with Gasteiger partial charge in [0.15, 0.2) is 12.1 Å². The van der Waals surface area contributed by atoms with Gasteiger partial charge in [-0.25, -0.2) is 0 Å². The van der Waals surface area contributed by atoms with Crippen molar-refractivity contribution in [3.63, 3.8) is 0 Å². The second-order valence-electron chi connectivity index (χ2n) is 3.85. The Morgan fingerprint density at radius 1 is 1.41 bits per heavy atom. The van der Waals surface area contributed by atoms with Crippen LogP contribution in [-0.2, 0) is 0 Å². The molecule has 2 N–H and O–H groups in total. The highest BCUT2D eigenvalue weighted by Gasteiger charge is 2.07. The van der Waals surface area contributed by atoms with Gasteiger partial charge in [0.25, 0.3) is 0 Å². The summed E-state index contributed by atoms with van der Waals surface area (Å²) >= 11 is 0. The quantitative estimate of drug-likeness (QED) is 0.561. The fourth-order valence-electron chi connectivity index (χ4n) is 1.41. The lowest BCUT2D eigenvalue weighted by Crippen LogP contribution is -2.16. The third kappa shape index (κ3) is 4.97. The average Bonchev–Trinajstić information content (AvgIpc) is 2.33. The molecule has 17 heavy (non-hydrogen) atoms. The Balaban J connectivity index is 2.61. The van der Waals surface area contributed by atoms with Crippen molar-refractivity contribution in [3.05, 3.63) is 29.8 Å². The molecule has 1 aromatic rings. The van der Waals surface area contributed by atoms with Gasteiger partial charge in [0, 0.05) is 12.0 Å². The first-order chi connectivity index (χ1) is 8.13. The molecule has 0 fully saturated rings. The van der Waals surface area contributed by atoms with Gasteiger partial charge in [-0.2, -0.15) is 0 Å². The van der Waals surface area contributed by atoms with Crippen molar-refractivity contribution in [2.45, 2.75) is 32.5 Å². The molecule has 0 saturated heterocycles. The standard InChI is InChI=1S/C13H18O4/c1-2-3-7-12(14)10-5-4-6-11(8-10)17-9-13(15)16/h4-6,8,13,15-16H,2-3,7,9H2,1H3. The van der Waals surface area contributed by atoms with E-state index in [1.165, 1.54) is 0 Å². The topological polar surface area (TPSA) is 66.8 Å². The van der Waals surface area contributed by atoms with E-state index in [2.05, 4.69) is 0 Å². The summed E-state index contributed by atoms with van der Waals surface area (Å²) in [6.45, 7) is 1.84. The largest absolute Gasteiger partial charge is 0.488 e. The smallest absolute Gasteiger partial charge is 0.186 e. The van der Waals surface area contributed by atoms with E-state index in [-0.39, 0.29) is 12.4 Å². The minimum Gasteiger partial charge on any atom is -0.488 e. The summed E-state index contributed by atoms with van der Waals surface area (Å²) in [6, 6.07) is 6.76. The Morgan fingerprint density at radius 2 is 2.18 bits per heavy atom. The Kier molecular flexibility index (Phi) is 5.66. The number of carbonyl (C=O) groups excluding carboxylic acids is 1. The summed E-state index contributed by atoms with van der Waals surface area (Å²) in [4.78, 5) is 11.7. The summed E-state index contributed by atoms with van der Waals surface area (Å²) in [7, 11) is 0. The van der Waals surface area contributed by atoms with Crippen molar-refractivity contribution in [2.75, 3.05) is 6.61 Å². The van der Waals surface area contributed by atoms with E-state index in [1.807, 2.05) is 6.92 Å². The van der Waals surface area contributed by atoms with Crippen molar-refractivity contribution >= 4 is 5.78 Å². The van der Waals surface area contributed by atoms with Crippen molar-refractivity contribution in [2.24, 2.45) is 0 Å². The van der Waals surface area contributed by atoms with Crippen LogP contribution >= 0.6 is 0 Å². The average molecular weight is 238 g/mol. The number of ether oxygens (including phenoxy) is 1. The van der Waals surface area contributed by atoms with Crippen molar-refractivity contribution in [1.82, 2.24) is 0 Å². The zero-order valence-electron chi connectivity index (χ0n) is 9.93. The number of ketones is 1. The van der Waals surface area contributed by atoms with E-state index in [1.54, 1.807) is 24.3 Å². The molecule has 0 unspecified atom stereocenters. The second kappa shape index (κ2) is 7.04. The van der Waals surface area contributed by atoms with Gasteiger partial charge in [-0.15, -0.1) is 0 Å². The third-order valence-electron chi connectivity index (χ3n) is 2.31. The normalized spacial score (nSPS) is 10.6. The first-order valence-electron chi connectivity index (χ1n) is 5.75. The van der Waals surface area contributed by atoms with Crippen LogP contribution in [0.1, 0.15) is 36.5 Å². The molecule has 1 aromatic carbocycles.